The van der Waals surface area contributed by atoms with Gasteiger partial charge in [-0.15, -0.1) is 0 Å². The standard InChI is InChI=1S/C12H14Cl2FNO4S/c1-21(19,20)8-4-2-7(3-5-8)10(17)9(6-15)16-12(18)11(13)14/h2-5,9-11,17H,6H2,1H3,(H,16,18)/t9-,10-/m1/s1/i6D2,9D. The van der Waals surface area contributed by atoms with Gasteiger partial charge >= 0.3 is 0 Å². The maximum atomic E-state index is 13.9. The van der Waals surface area contributed by atoms with E-state index < -0.39 is 39.3 Å². The van der Waals surface area contributed by atoms with Crippen molar-refractivity contribution in [2.75, 3.05) is 12.9 Å². The maximum Gasteiger partial charge on any atom is 0.253 e. The maximum absolute atomic E-state index is 13.9. The average molecular weight is 361 g/mol. The van der Waals surface area contributed by atoms with Crippen molar-refractivity contribution in [2.24, 2.45) is 0 Å². The summed E-state index contributed by atoms with van der Waals surface area (Å²) >= 11 is 10.6. The summed E-state index contributed by atoms with van der Waals surface area (Å²) in [6.07, 6.45) is -1.23. The van der Waals surface area contributed by atoms with Gasteiger partial charge < -0.3 is 10.4 Å². The molecule has 2 N–H and O–H groups in total. The lowest BCUT2D eigenvalue weighted by molar-refractivity contribution is -0.121. The number of carbonyl (C=O) groups excluding carboxylic acids is 1. The van der Waals surface area contributed by atoms with Crippen LogP contribution in [-0.2, 0) is 14.6 Å². The second-order valence-corrected chi connectivity index (χ2v) is 7.15. The van der Waals surface area contributed by atoms with E-state index in [0.717, 1.165) is 30.5 Å². The molecule has 21 heavy (non-hydrogen) atoms. The Morgan fingerprint density at radius 2 is 2.00 bits per heavy atom. The van der Waals surface area contributed by atoms with Gasteiger partial charge in [-0.25, -0.2) is 12.8 Å². The zero-order chi connectivity index (χ0) is 18.9. The molecule has 9 heteroatoms. The number of benzene rings is 1. The first-order valence-corrected chi connectivity index (χ1v) is 8.24. The number of carbonyl (C=O) groups is 1. The Hall–Kier alpha value is -0.890. The van der Waals surface area contributed by atoms with Crippen molar-refractivity contribution in [3.05, 3.63) is 29.8 Å². The lowest BCUT2D eigenvalue weighted by atomic mass is 10.0. The molecule has 1 aromatic rings. The first-order valence-electron chi connectivity index (χ1n) is 6.97. The third kappa shape index (κ3) is 5.10. The lowest BCUT2D eigenvalue weighted by Gasteiger charge is -2.22. The van der Waals surface area contributed by atoms with Gasteiger partial charge in [0.1, 0.15) is 12.7 Å². The molecule has 2 atom stereocenters. The first kappa shape index (κ1) is 13.8. The number of halogens is 3. The molecule has 0 spiro atoms. The summed E-state index contributed by atoms with van der Waals surface area (Å²) in [7, 11) is -3.52. The Bertz CT molecular complexity index is 712. The molecule has 0 heterocycles. The highest BCUT2D eigenvalue weighted by molar-refractivity contribution is 7.90. The van der Waals surface area contributed by atoms with Gasteiger partial charge in [-0.2, -0.15) is 0 Å². The van der Waals surface area contributed by atoms with Crippen molar-refractivity contribution in [1.82, 2.24) is 5.32 Å². The van der Waals surface area contributed by atoms with Crippen LogP contribution >= 0.6 is 23.2 Å². The van der Waals surface area contributed by atoms with Gasteiger partial charge in [0.05, 0.1) is 15.0 Å². The molecule has 1 aromatic carbocycles. The highest BCUT2D eigenvalue weighted by Gasteiger charge is 2.25. The molecule has 0 aromatic heterocycles. The molecule has 0 bridgehead atoms. The molecule has 1 rings (SSSR count). The molecule has 0 radical (unpaired) electrons. The summed E-state index contributed by atoms with van der Waals surface area (Å²) in [6.45, 7) is -3.87. The Morgan fingerprint density at radius 1 is 1.48 bits per heavy atom. The molecule has 0 saturated carbocycles. The van der Waals surface area contributed by atoms with Crippen LogP contribution in [0.2, 0.25) is 0 Å². The third-order valence-electron chi connectivity index (χ3n) is 2.46. The third-order valence-corrected chi connectivity index (χ3v) is 3.98. The van der Waals surface area contributed by atoms with Gasteiger partial charge in [0.2, 0.25) is 0 Å². The predicted molar refractivity (Wildman–Crippen MR) is 77.9 cm³/mol. The fraction of sp³-hybridized carbons (Fsp3) is 0.417. The molecular weight excluding hydrogens is 344 g/mol. The normalized spacial score (nSPS) is 19.0. The number of aliphatic hydroxyl groups excluding tert-OH is 1. The minimum atomic E-state index is -3.87. The molecule has 0 aliphatic rings. The number of alkyl halides is 3. The second-order valence-electron chi connectivity index (χ2n) is 4.04. The van der Waals surface area contributed by atoms with E-state index in [0.29, 0.717) is 0 Å². The summed E-state index contributed by atoms with van der Waals surface area (Å²) in [5.41, 5.74) is -0.195. The van der Waals surface area contributed by atoms with Crippen LogP contribution in [0.3, 0.4) is 0 Å². The van der Waals surface area contributed by atoms with Gasteiger partial charge in [0, 0.05) is 6.26 Å². The van der Waals surface area contributed by atoms with Crippen LogP contribution < -0.4 is 5.32 Å². The van der Waals surface area contributed by atoms with Crippen molar-refractivity contribution < 1.29 is 26.8 Å². The van der Waals surface area contributed by atoms with Crippen LogP contribution in [-0.4, -0.2) is 43.2 Å². The van der Waals surface area contributed by atoms with Crippen molar-refractivity contribution in [2.45, 2.75) is 21.9 Å². The van der Waals surface area contributed by atoms with Crippen LogP contribution in [0.1, 0.15) is 15.8 Å². The summed E-state index contributed by atoms with van der Waals surface area (Å²) < 4.78 is 58.7. The van der Waals surface area contributed by atoms with E-state index in [1.807, 2.05) is 0 Å². The van der Waals surface area contributed by atoms with Crippen LogP contribution in [0.15, 0.2) is 29.2 Å². The van der Waals surface area contributed by atoms with Gasteiger partial charge in [-0.1, -0.05) is 35.3 Å². The van der Waals surface area contributed by atoms with E-state index in [1.165, 1.54) is 0 Å². The molecule has 0 aliphatic carbocycles. The largest absolute Gasteiger partial charge is 0.386 e. The summed E-state index contributed by atoms with van der Waals surface area (Å²) in [6, 6.07) is 1.16. The number of amides is 1. The highest BCUT2D eigenvalue weighted by Crippen LogP contribution is 2.20. The fourth-order valence-electron chi connectivity index (χ4n) is 1.39. The van der Waals surface area contributed by atoms with Crippen molar-refractivity contribution in [3.63, 3.8) is 0 Å². The molecule has 118 valence electrons. The number of hydrogen-bond donors (Lipinski definition) is 2. The first-order chi connectivity index (χ1) is 10.7. The minimum absolute atomic E-state index is 0.0945. The topological polar surface area (TPSA) is 83.5 Å². The Kier molecular flexibility index (Phi) is 4.84. The summed E-state index contributed by atoms with van der Waals surface area (Å²) in [5.74, 6) is -1.28. The van der Waals surface area contributed by atoms with Gasteiger partial charge in [0.25, 0.3) is 5.91 Å². The smallest absolute Gasteiger partial charge is 0.253 e. The van der Waals surface area contributed by atoms with Gasteiger partial charge in [-0.3, -0.25) is 4.79 Å². The van der Waals surface area contributed by atoms with E-state index in [-0.39, 0.29) is 10.5 Å². The Labute approximate surface area is 136 Å². The molecule has 0 unspecified atom stereocenters. The summed E-state index contributed by atoms with van der Waals surface area (Å²) in [5, 5.41) is 11.8. The van der Waals surface area contributed by atoms with E-state index in [4.69, 9.17) is 27.3 Å². The van der Waals surface area contributed by atoms with E-state index in [1.54, 1.807) is 5.32 Å². The van der Waals surface area contributed by atoms with Crippen LogP contribution in [0.25, 0.3) is 0 Å². The van der Waals surface area contributed by atoms with Crippen LogP contribution in [0, 0.1) is 0 Å². The number of aliphatic hydroxyl groups is 1. The molecule has 5 nitrogen and oxygen atoms in total. The highest BCUT2D eigenvalue weighted by atomic mass is 35.5. The minimum Gasteiger partial charge on any atom is -0.386 e. The summed E-state index contributed by atoms with van der Waals surface area (Å²) in [4.78, 5) is 9.70. The van der Waals surface area contributed by atoms with Crippen molar-refractivity contribution in [3.8, 4) is 0 Å². The van der Waals surface area contributed by atoms with Gasteiger partial charge in [0.15, 0.2) is 14.7 Å². The number of sulfone groups is 1. The van der Waals surface area contributed by atoms with E-state index in [9.17, 15) is 22.7 Å². The zero-order valence-corrected chi connectivity index (χ0v) is 13.0. The predicted octanol–water partition coefficient (Wildman–Crippen LogP) is 1.38. The second kappa shape index (κ2) is 7.40. The Morgan fingerprint density at radius 3 is 2.38 bits per heavy atom. The van der Waals surface area contributed by atoms with Gasteiger partial charge in [-0.05, 0) is 17.7 Å². The SMILES string of the molecule is [2H]C([2H])(F)[C@@]([2H])(NC(=O)C(Cl)Cl)[C@H](O)c1ccc(S(C)(=O)=O)cc1. The molecule has 0 saturated heterocycles. The average Bonchev–Trinajstić information content (AvgIpc) is 2.44. The number of nitrogens with one attached hydrogen (secondary N) is 1. The van der Waals surface area contributed by atoms with E-state index >= 15 is 0 Å². The molecule has 1 amide bonds. The Balaban J connectivity index is 3.26. The van der Waals surface area contributed by atoms with E-state index in [2.05, 4.69) is 0 Å². The molecular formula is C12H14Cl2FNO4S. The molecule has 0 fully saturated rings. The zero-order valence-electron chi connectivity index (χ0n) is 13.7. The monoisotopic (exact) mass is 360 g/mol. The van der Waals surface area contributed by atoms with Crippen molar-refractivity contribution >= 4 is 38.9 Å². The lowest BCUT2D eigenvalue weighted by Crippen LogP contribution is -2.43. The number of hydrogen-bond acceptors (Lipinski definition) is 4. The number of rotatable bonds is 6. The molecule has 0 aliphatic heterocycles. The fourth-order valence-corrected chi connectivity index (χ4v) is 2.13. The van der Waals surface area contributed by atoms with Crippen LogP contribution in [0.4, 0.5) is 4.39 Å². The quantitative estimate of drug-likeness (QED) is 0.750. The van der Waals surface area contributed by atoms with Crippen molar-refractivity contribution in [1.29, 1.82) is 0 Å². The van der Waals surface area contributed by atoms with Crippen LogP contribution in [0.5, 0.6) is 0 Å².